The summed E-state index contributed by atoms with van der Waals surface area (Å²) in [7, 11) is 0. The van der Waals surface area contributed by atoms with E-state index in [0.717, 1.165) is 25.7 Å². The lowest BCUT2D eigenvalue weighted by molar-refractivity contribution is -0.147. The molecular formula is C13H26N2O2. The van der Waals surface area contributed by atoms with Crippen LogP contribution in [0.1, 0.15) is 46.0 Å². The van der Waals surface area contributed by atoms with Gasteiger partial charge in [-0.25, -0.2) is 0 Å². The summed E-state index contributed by atoms with van der Waals surface area (Å²) in [5.74, 6) is 0.142. The van der Waals surface area contributed by atoms with Crippen molar-refractivity contribution >= 4 is 5.91 Å². The minimum Gasteiger partial charge on any atom is -0.395 e. The lowest BCUT2D eigenvalue weighted by atomic mass is 9.79. The van der Waals surface area contributed by atoms with Gasteiger partial charge in [-0.3, -0.25) is 4.79 Å². The minimum atomic E-state index is -0.426. The van der Waals surface area contributed by atoms with Gasteiger partial charge < -0.3 is 15.7 Å². The molecule has 0 aromatic carbocycles. The Morgan fingerprint density at radius 3 is 2.29 bits per heavy atom. The maximum absolute atomic E-state index is 12.6. The van der Waals surface area contributed by atoms with E-state index < -0.39 is 5.41 Å². The van der Waals surface area contributed by atoms with Crippen LogP contribution in [0.25, 0.3) is 0 Å². The number of carbonyl (C=O) groups is 1. The standard InChI is InChI=1S/C13H26N2O2/c1-3-13(4-2,10-14)12(17)15(8-9-16)11-6-5-7-11/h11,16H,3-10,14H2,1-2H3. The number of aliphatic hydroxyl groups is 1. The number of amides is 1. The van der Waals surface area contributed by atoms with Crippen LogP contribution in [-0.4, -0.2) is 41.7 Å². The third-order valence-corrected chi connectivity index (χ3v) is 4.32. The Labute approximate surface area is 104 Å². The number of rotatable bonds is 7. The van der Waals surface area contributed by atoms with Crippen LogP contribution in [0.2, 0.25) is 0 Å². The molecule has 0 atom stereocenters. The fourth-order valence-corrected chi connectivity index (χ4v) is 2.49. The number of hydrogen-bond donors (Lipinski definition) is 2. The van der Waals surface area contributed by atoms with Crippen LogP contribution in [0.3, 0.4) is 0 Å². The fraction of sp³-hybridized carbons (Fsp3) is 0.923. The predicted octanol–water partition coefficient (Wildman–Crippen LogP) is 1.12. The van der Waals surface area contributed by atoms with Crippen LogP contribution in [0, 0.1) is 5.41 Å². The predicted molar refractivity (Wildman–Crippen MR) is 68.5 cm³/mol. The van der Waals surface area contributed by atoms with Crippen LogP contribution < -0.4 is 5.73 Å². The van der Waals surface area contributed by atoms with Crippen molar-refractivity contribution in [2.24, 2.45) is 11.1 Å². The van der Waals surface area contributed by atoms with Crippen LogP contribution >= 0.6 is 0 Å². The molecule has 1 aliphatic rings. The van der Waals surface area contributed by atoms with Crippen molar-refractivity contribution < 1.29 is 9.90 Å². The van der Waals surface area contributed by atoms with Crippen molar-refractivity contribution in [3.8, 4) is 0 Å². The summed E-state index contributed by atoms with van der Waals surface area (Å²) in [4.78, 5) is 14.5. The molecule has 1 fully saturated rings. The van der Waals surface area contributed by atoms with E-state index in [2.05, 4.69) is 0 Å². The Hall–Kier alpha value is -0.610. The zero-order chi connectivity index (χ0) is 12.9. The van der Waals surface area contributed by atoms with Gasteiger partial charge in [-0.15, -0.1) is 0 Å². The van der Waals surface area contributed by atoms with Crippen LogP contribution in [0.4, 0.5) is 0 Å². The first-order chi connectivity index (χ1) is 8.15. The zero-order valence-electron chi connectivity index (χ0n) is 11.1. The van der Waals surface area contributed by atoms with Gasteiger partial charge in [-0.05, 0) is 32.1 Å². The molecule has 17 heavy (non-hydrogen) atoms. The van der Waals surface area contributed by atoms with Crippen molar-refractivity contribution in [2.75, 3.05) is 19.7 Å². The Kier molecular flexibility index (Phi) is 5.40. The number of aliphatic hydroxyl groups excluding tert-OH is 1. The van der Waals surface area contributed by atoms with Crippen molar-refractivity contribution in [1.82, 2.24) is 4.90 Å². The van der Waals surface area contributed by atoms with E-state index in [4.69, 9.17) is 10.8 Å². The summed E-state index contributed by atoms with van der Waals surface area (Å²) in [6.45, 7) is 4.92. The molecule has 100 valence electrons. The normalized spacial score (nSPS) is 16.7. The molecule has 0 heterocycles. The summed E-state index contributed by atoms with van der Waals surface area (Å²) >= 11 is 0. The van der Waals surface area contributed by atoms with E-state index in [1.54, 1.807) is 0 Å². The molecule has 4 heteroatoms. The van der Waals surface area contributed by atoms with E-state index in [0.29, 0.717) is 19.1 Å². The first-order valence-corrected chi connectivity index (χ1v) is 6.77. The van der Waals surface area contributed by atoms with Crippen LogP contribution in [0.15, 0.2) is 0 Å². The Bertz CT molecular complexity index is 240. The Morgan fingerprint density at radius 1 is 1.41 bits per heavy atom. The third kappa shape index (κ3) is 2.80. The molecule has 3 N–H and O–H groups in total. The second-order valence-corrected chi connectivity index (χ2v) is 5.00. The maximum atomic E-state index is 12.6. The van der Waals surface area contributed by atoms with Gasteiger partial charge in [0.05, 0.1) is 12.0 Å². The average Bonchev–Trinajstić information content (AvgIpc) is 2.29. The largest absolute Gasteiger partial charge is 0.395 e. The van der Waals surface area contributed by atoms with Crippen molar-refractivity contribution in [3.63, 3.8) is 0 Å². The molecule has 1 aliphatic carbocycles. The van der Waals surface area contributed by atoms with Gasteiger partial charge in [0.1, 0.15) is 0 Å². The van der Waals surface area contributed by atoms with Crippen LogP contribution in [0.5, 0.6) is 0 Å². The van der Waals surface area contributed by atoms with Crippen LogP contribution in [-0.2, 0) is 4.79 Å². The zero-order valence-corrected chi connectivity index (χ0v) is 11.1. The minimum absolute atomic E-state index is 0.0380. The topological polar surface area (TPSA) is 66.6 Å². The first kappa shape index (κ1) is 14.5. The van der Waals surface area contributed by atoms with E-state index in [-0.39, 0.29) is 12.5 Å². The van der Waals surface area contributed by atoms with E-state index >= 15 is 0 Å². The summed E-state index contributed by atoms with van der Waals surface area (Å²) < 4.78 is 0. The molecule has 4 nitrogen and oxygen atoms in total. The summed E-state index contributed by atoms with van der Waals surface area (Å²) in [5.41, 5.74) is 5.39. The highest BCUT2D eigenvalue weighted by molar-refractivity contribution is 5.83. The highest BCUT2D eigenvalue weighted by atomic mass is 16.3. The van der Waals surface area contributed by atoms with E-state index in [9.17, 15) is 4.79 Å². The molecule has 0 aromatic rings. The Morgan fingerprint density at radius 2 is 2.00 bits per heavy atom. The smallest absolute Gasteiger partial charge is 0.230 e. The van der Waals surface area contributed by atoms with Gasteiger partial charge in [0, 0.05) is 19.1 Å². The van der Waals surface area contributed by atoms with Gasteiger partial charge in [0.15, 0.2) is 0 Å². The third-order valence-electron chi connectivity index (χ3n) is 4.32. The summed E-state index contributed by atoms with van der Waals surface area (Å²) in [5, 5.41) is 9.11. The molecule has 0 saturated heterocycles. The molecule has 0 bridgehead atoms. The fourth-order valence-electron chi connectivity index (χ4n) is 2.49. The van der Waals surface area contributed by atoms with E-state index in [1.165, 1.54) is 6.42 Å². The highest BCUT2D eigenvalue weighted by Crippen LogP contribution is 2.32. The first-order valence-electron chi connectivity index (χ1n) is 6.77. The van der Waals surface area contributed by atoms with Crippen molar-refractivity contribution in [3.05, 3.63) is 0 Å². The van der Waals surface area contributed by atoms with Crippen molar-refractivity contribution in [1.29, 1.82) is 0 Å². The number of nitrogens with zero attached hydrogens (tertiary/aromatic N) is 1. The molecule has 1 rings (SSSR count). The molecule has 0 spiro atoms. The van der Waals surface area contributed by atoms with Gasteiger partial charge in [0.25, 0.3) is 0 Å². The van der Waals surface area contributed by atoms with E-state index in [1.807, 2.05) is 18.7 Å². The molecule has 0 aliphatic heterocycles. The Balaban J connectivity index is 2.80. The number of hydrogen-bond acceptors (Lipinski definition) is 3. The van der Waals surface area contributed by atoms with Gasteiger partial charge >= 0.3 is 0 Å². The van der Waals surface area contributed by atoms with Crippen molar-refractivity contribution in [2.45, 2.75) is 52.0 Å². The van der Waals surface area contributed by atoms with Gasteiger partial charge in [-0.2, -0.15) is 0 Å². The molecule has 1 amide bonds. The molecule has 0 radical (unpaired) electrons. The number of carbonyl (C=O) groups excluding carboxylic acids is 1. The second kappa shape index (κ2) is 6.36. The lowest BCUT2D eigenvalue weighted by Crippen LogP contribution is -2.54. The lowest BCUT2D eigenvalue weighted by Gasteiger charge is -2.42. The monoisotopic (exact) mass is 242 g/mol. The molecular weight excluding hydrogens is 216 g/mol. The summed E-state index contributed by atoms with van der Waals surface area (Å²) in [6.07, 6.45) is 4.87. The molecule has 0 unspecified atom stereocenters. The highest BCUT2D eigenvalue weighted by Gasteiger charge is 2.40. The molecule has 0 aromatic heterocycles. The average molecular weight is 242 g/mol. The summed E-state index contributed by atoms with van der Waals surface area (Å²) in [6, 6.07) is 0.332. The van der Waals surface area contributed by atoms with Gasteiger partial charge in [0.2, 0.25) is 5.91 Å². The SMILES string of the molecule is CCC(CC)(CN)C(=O)N(CCO)C1CCC1. The number of nitrogens with two attached hydrogens (primary N) is 1. The van der Waals surface area contributed by atoms with Gasteiger partial charge in [-0.1, -0.05) is 13.8 Å². The maximum Gasteiger partial charge on any atom is 0.230 e. The quantitative estimate of drug-likeness (QED) is 0.703. The molecule has 1 saturated carbocycles. The second-order valence-electron chi connectivity index (χ2n) is 5.00.